The minimum absolute atomic E-state index is 0. The van der Waals surface area contributed by atoms with E-state index < -0.39 is 0 Å². The summed E-state index contributed by atoms with van der Waals surface area (Å²) >= 11 is 28.7. The Hall–Kier alpha value is -0.866. The third kappa shape index (κ3) is 21.3. The van der Waals surface area contributed by atoms with E-state index in [0.29, 0.717) is 0 Å². The molecular formula is C40H44NiS8-4. The van der Waals surface area contributed by atoms with Crippen molar-refractivity contribution in [2.75, 3.05) is 23.0 Å². The van der Waals surface area contributed by atoms with E-state index in [1.54, 1.807) is 47.0 Å². The predicted molar refractivity (Wildman–Crippen MR) is 232 cm³/mol. The number of thioether (sulfide) groups is 4. The second kappa shape index (κ2) is 28.7. The Balaban J connectivity index is 0.000000333. The van der Waals surface area contributed by atoms with E-state index >= 15 is 0 Å². The van der Waals surface area contributed by atoms with Gasteiger partial charge in [-0.2, -0.15) is 64.0 Å². The van der Waals surface area contributed by atoms with Crippen LogP contribution >= 0.6 is 47.0 Å². The molecule has 0 aromatic heterocycles. The van der Waals surface area contributed by atoms with E-state index in [9.17, 15) is 0 Å². The van der Waals surface area contributed by atoms with Gasteiger partial charge in [-0.05, 0) is 96.6 Å². The molecule has 0 aliphatic carbocycles. The molecule has 266 valence electrons. The zero-order chi connectivity index (χ0) is 34.1. The zero-order valence-corrected chi connectivity index (χ0v) is 35.1. The van der Waals surface area contributed by atoms with Crippen molar-refractivity contribution < 1.29 is 16.5 Å². The fourth-order valence-electron chi connectivity index (χ4n) is 4.58. The second-order valence-electron chi connectivity index (χ2n) is 10.9. The molecule has 0 saturated carbocycles. The van der Waals surface area contributed by atoms with Crippen LogP contribution in [0.4, 0.5) is 0 Å². The molecule has 4 rings (SSSR count). The molecule has 0 saturated heterocycles. The van der Waals surface area contributed by atoms with Crippen molar-refractivity contribution >= 4 is 97.6 Å². The summed E-state index contributed by atoms with van der Waals surface area (Å²) < 4.78 is 3.57. The molecule has 0 heterocycles. The van der Waals surface area contributed by atoms with Gasteiger partial charge in [0.2, 0.25) is 0 Å². The van der Waals surface area contributed by atoms with E-state index in [4.69, 9.17) is 50.5 Å². The average Bonchev–Trinajstić information content (AvgIpc) is 3.14. The third-order valence-electron chi connectivity index (χ3n) is 7.08. The minimum atomic E-state index is 0. The normalized spacial score (nSPS) is 11.8. The SMILES string of the molecule is [Ni].[S-]/C(SCCCc1ccccc1)=C(\[S-])SCCCc1ccccc1.[S-]/C(SCCCc1ccccc1)=C(\[S-])SCCCc1ccccc1. The summed E-state index contributed by atoms with van der Waals surface area (Å²) in [5.74, 6) is 4.16. The predicted octanol–water partition coefficient (Wildman–Crippen LogP) is 11.9. The van der Waals surface area contributed by atoms with E-state index in [0.717, 1.165) is 91.3 Å². The van der Waals surface area contributed by atoms with E-state index in [1.807, 2.05) is 0 Å². The van der Waals surface area contributed by atoms with Crippen LogP contribution in [0.25, 0.3) is 0 Å². The van der Waals surface area contributed by atoms with E-state index in [2.05, 4.69) is 121 Å². The number of aryl methyl sites for hydroxylation is 4. The van der Waals surface area contributed by atoms with Gasteiger partial charge in [-0.3, -0.25) is 0 Å². The van der Waals surface area contributed by atoms with Gasteiger partial charge in [-0.25, -0.2) is 0 Å². The Kier molecular flexibility index (Phi) is 25.9. The number of hydrogen-bond donors (Lipinski definition) is 0. The van der Waals surface area contributed by atoms with Gasteiger partial charge < -0.3 is 50.5 Å². The van der Waals surface area contributed by atoms with E-state index in [1.165, 1.54) is 22.3 Å². The van der Waals surface area contributed by atoms with Crippen molar-refractivity contribution in [3.05, 3.63) is 161 Å². The van der Waals surface area contributed by atoms with Gasteiger partial charge in [0.25, 0.3) is 0 Å². The molecule has 0 N–H and O–H groups in total. The van der Waals surface area contributed by atoms with Crippen LogP contribution < -0.4 is 0 Å². The van der Waals surface area contributed by atoms with Gasteiger partial charge in [0, 0.05) is 16.5 Å². The van der Waals surface area contributed by atoms with Crippen LogP contribution in [0.2, 0.25) is 0 Å². The van der Waals surface area contributed by atoms with Crippen LogP contribution in [0.15, 0.2) is 138 Å². The molecule has 4 aromatic rings. The molecule has 0 spiro atoms. The zero-order valence-electron chi connectivity index (χ0n) is 27.6. The van der Waals surface area contributed by atoms with Crippen molar-refractivity contribution in [1.82, 2.24) is 0 Å². The first-order valence-electron chi connectivity index (χ1n) is 16.3. The maximum absolute atomic E-state index is 5.45. The molecule has 0 radical (unpaired) electrons. The fraction of sp³-hybridized carbons (Fsp3) is 0.300. The number of rotatable bonds is 20. The smallest absolute Gasteiger partial charge is 0 e. The van der Waals surface area contributed by atoms with Crippen molar-refractivity contribution in [2.24, 2.45) is 0 Å². The third-order valence-corrected chi connectivity index (χ3v) is 14.2. The summed E-state index contributed by atoms with van der Waals surface area (Å²) in [4.78, 5) is 0. The van der Waals surface area contributed by atoms with Crippen molar-refractivity contribution in [3.8, 4) is 0 Å². The summed E-state index contributed by atoms with van der Waals surface area (Å²) in [7, 11) is 0. The Morgan fingerprint density at radius 2 is 0.510 bits per heavy atom. The Labute approximate surface area is 345 Å². The number of hydrogen-bond acceptors (Lipinski definition) is 8. The maximum Gasteiger partial charge on any atom is 0 e. The molecule has 0 nitrogen and oxygen atoms in total. The summed E-state index contributed by atoms with van der Waals surface area (Å²) in [6, 6.07) is 42.4. The molecule has 49 heavy (non-hydrogen) atoms. The van der Waals surface area contributed by atoms with Crippen LogP contribution in [-0.4, -0.2) is 23.0 Å². The fourth-order valence-corrected chi connectivity index (χ4v) is 9.36. The Morgan fingerprint density at radius 3 is 0.694 bits per heavy atom. The van der Waals surface area contributed by atoms with Crippen LogP contribution in [0.1, 0.15) is 47.9 Å². The second-order valence-corrected chi connectivity index (χ2v) is 18.0. The molecule has 0 amide bonds. The summed E-state index contributed by atoms with van der Waals surface area (Å²) in [5, 5.41) is 0. The maximum atomic E-state index is 5.45. The quantitative estimate of drug-likeness (QED) is 0.0484. The number of benzene rings is 4. The minimum Gasteiger partial charge on any atom is -0.774 e. The van der Waals surface area contributed by atoms with Crippen LogP contribution in [-0.2, 0) is 92.7 Å². The molecule has 0 bridgehead atoms. The molecular weight excluding hydrogens is 796 g/mol. The largest absolute Gasteiger partial charge is 0.774 e. The molecule has 4 aromatic carbocycles. The Morgan fingerprint density at radius 1 is 0.327 bits per heavy atom. The summed E-state index contributed by atoms with van der Waals surface area (Å²) in [6.07, 6.45) is 8.96. The average molecular weight is 840 g/mol. The molecule has 0 aliphatic rings. The van der Waals surface area contributed by atoms with Gasteiger partial charge in [-0.1, -0.05) is 121 Å². The van der Waals surface area contributed by atoms with Gasteiger partial charge >= 0.3 is 0 Å². The van der Waals surface area contributed by atoms with Gasteiger partial charge in [0.05, 0.1) is 0 Å². The molecule has 0 fully saturated rings. The Bertz CT molecular complexity index is 1230. The first kappa shape index (κ1) is 44.3. The van der Waals surface area contributed by atoms with Crippen molar-refractivity contribution in [1.29, 1.82) is 0 Å². The monoisotopic (exact) mass is 838 g/mol. The molecule has 9 heteroatoms. The van der Waals surface area contributed by atoms with Gasteiger partial charge in [-0.15, -0.1) is 0 Å². The molecule has 0 atom stereocenters. The summed E-state index contributed by atoms with van der Waals surface area (Å²) in [5.41, 5.74) is 5.56. The topological polar surface area (TPSA) is 0 Å². The standard InChI is InChI=1S/2C20H24S4.Ni/c2*21-19(23-15-7-13-17-9-3-1-4-10-17)20(22)24-16-8-14-18-11-5-2-6-12-18;/h2*1-6,9-12,21-22H,7-8,13-16H2;/p-4/b2*20-19-;. The summed E-state index contributed by atoms with van der Waals surface area (Å²) in [6.45, 7) is 0. The first-order valence-corrected chi connectivity index (χ1v) is 21.9. The van der Waals surface area contributed by atoms with Crippen molar-refractivity contribution in [2.45, 2.75) is 51.4 Å². The molecule has 0 unspecified atom stereocenters. The first-order chi connectivity index (χ1) is 23.5. The van der Waals surface area contributed by atoms with E-state index in [-0.39, 0.29) is 16.5 Å². The van der Waals surface area contributed by atoms with Crippen molar-refractivity contribution in [3.63, 3.8) is 0 Å². The van der Waals surface area contributed by atoms with Crippen LogP contribution in [0.3, 0.4) is 0 Å². The van der Waals surface area contributed by atoms with Gasteiger partial charge in [0.15, 0.2) is 0 Å². The van der Waals surface area contributed by atoms with Crippen LogP contribution in [0.5, 0.6) is 0 Å². The van der Waals surface area contributed by atoms with Crippen LogP contribution in [0, 0.1) is 0 Å². The van der Waals surface area contributed by atoms with Gasteiger partial charge in [0.1, 0.15) is 0 Å². The molecule has 0 aliphatic heterocycles.